The average Bonchev–Trinajstić information content (AvgIpc) is 3.53. The van der Waals surface area contributed by atoms with Gasteiger partial charge in [0, 0.05) is 20.0 Å². The number of ether oxygens (including phenoxy) is 1. The Morgan fingerprint density at radius 2 is 1.71 bits per heavy atom. The fourth-order valence-corrected chi connectivity index (χ4v) is 4.19. The van der Waals surface area contributed by atoms with Crippen molar-refractivity contribution in [3.63, 3.8) is 0 Å². The van der Waals surface area contributed by atoms with Gasteiger partial charge in [-0.2, -0.15) is 0 Å². The number of benzene rings is 2. The summed E-state index contributed by atoms with van der Waals surface area (Å²) in [6.07, 6.45) is 2.34. The topological polar surface area (TPSA) is 49.9 Å². The normalized spacial score (nSPS) is 18.6. The predicted octanol–water partition coefficient (Wildman–Crippen LogP) is 4.02. The van der Waals surface area contributed by atoms with E-state index in [1.165, 1.54) is 12.8 Å². The minimum Gasteiger partial charge on any atom is -0.462 e. The first kappa shape index (κ1) is 18.5. The fraction of sp³-hybridized carbons (Fsp3) is 0.391. The van der Waals surface area contributed by atoms with Crippen LogP contribution in [0.5, 0.6) is 0 Å². The van der Waals surface area contributed by atoms with Gasteiger partial charge in [-0.05, 0) is 49.4 Å². The van der Waals surface area contributed by atoms with Gasteiger partial charge in [0.15, 0.2) is 0 Å². The van der Waals surface area contributed by atoms with Gasteiger partial charge in [-0.1, -0.05) is 30.3 Å². The molecule has 1 amide bonds. The first-order valence-corrected chi connectivity index (χ1v) is 9.99. The standard InChI is InChI=1S/C23H26N2O3/c1-3-28-23(27)19-9-5-4-8-18(19)14-24-15-22(17-12-13-17)25(16(2)26)21-11-7-6-10-20(21)24/h4-11,17,22H,3,12-15H2,1-2H3. The first-order chi connectivity index (χ1) is 13.6. The molecule has 5 heteroatoms. The molecule has 1 fully saturated rings. The van der Waals surface area contributed by atoms with Crippen molar-refractivity contribution in [2.45, 2.75) is 39.3 Å². The molecule has 146 valence electrons. The van der Waals surface area contributed by atoms with Gasteiger partial charge in [0.25, 0.3) is 0 Å². The molecule has 1 unspecified atom stereocenters. The number of carbonyl (C=O) groups is 2. The van der Waals surface area contributed by atoms with E-state index in [0.717, 1.165) is 23.5 Å². The SMILES string of the molecule is CCOC(=O)c1ccccc1CN1CC(C2CC2)N(C(C)=O)c2ccccc21. The Morgan fingerprint density at radius 3 is 2.39 bits per heavy atom. The van der Waals surface area contributed by atoms with Crippen molar-refractivity contribution < 1.29 is 14.3 Å². The van der Waals surface area contributed by atoms with Crippen LogP contribution in [0, 0.1) is 5.92 Å². The summed E-state index contributed by atoms with van der Waals surface area (Å²) in [6.45, 7) is 5.21. The molecule has 1 atom stereocenters. The van der Waals surface area contributed by atoms with Crippen molar-refractivity contribution in [1.29, 1.82) is 0 Å². The summed E-state index contributed by atoms with van der Waals surface area (Å²) in [5, 5.41) is 0. The number of anilines is 2. The van der Waals surface area contributed by atoms with E-state index in [4.69, 9.17) is 4.74 Å². The Morgan fingerprint density at radius 1 is 1.04 bits per heavy atom. The summed E-state index contributed by atoms with van der Waals surface area (Å²) in [5.74, 6) is 0.364. The maximum Gasteiger partial charge on any atom is 0.338 e. The van der Waals surface area contributed by atoms with Gasteiger partial charge in [0.2, 0.25) is 5.91 Å². The van der Waals surface area contributed by atoms with Gasteiger partial charge in [-0.15, -0.1) is 0 Å². The zero-order valence-electron chi connectivity index (χ0n) is 16.4. The molecule has 2 aromatic carbocycles. The van der Waals surface area contributed by atoms with Crippen LogP contribution in [-0.4, -0.2) is 31.1 Å². The van der Waals surface area contributed by atoms with Crippen molar-refractivity contribution in [2.24, 2.45) is 5.92 Å². The Balaban J connectivity index is 1.70. The predicted molar refractivity (Wildman–Crippen MR) is 110 cm³/mol. The smallest absolute Gasteiger partial charge is 0.338 e. The van der Waals surface area contributed by atoms with Crippen LogP contribution >= 0.6 is 0 Å². The lowest BCUT2D eigenvalue weighted by atomic mass is 10.0. The van der Waals surface area contributed by atoms with Gasteiger partial charge in [0.1, 0.15) is 0 Å². The minimum atomic E-state index is -0.285. The third-order valence-electron chi connectivity index (χ3n) is 5.60. The highest BCUT2D eigenvalue weighted by Crippen LogP contribution is 2.44. The molecule has 0 aromatic heterocycles. The number of amides is 1. The third-order valence-corrected chi connectivity index (χ3v) is 5.60. The summed E-state index contributed by atoms with van der Waals surface area (Å²) >= 11 is 0. The van der Waals surface area contributed by atoms with Gasteiger partial charge in [0.05, 0.1) is 29.6 Å². The molecule has 2 aliphatic rings. The van der Waals surface area contributed by atoms with Crippen LogP contribution in [0.25, 0.3) is 0 Å². The van der Waals surface area contributed by atoms with Gasteiger partial charge in [-0.3, -0.25) is 4.79 Å². The largest absolute Gasteiger partial charge is 0.462 e. The van der Waals surface area contributed by atoms with E-state index in [1.54, 1.807) is 6.92 Å². The minimum absolute atomic E-state index is 0.0934. The van der Waals surface area contributed by atoms with Crippen LogP contribution in [0.2, 0.25) is 0 Å². The number of esters is 1. The van der Waals surface area contributed by atoms with Crippen LogP contribution in [0.1, 0.15) is 42.6 Å². The van der Waals surface area contributed by atoms with E-state index in [2.05, 4.69) is 11.0 Å². The summed E-state index contributed by atoms with van der Waals surface area (Å²) in [7, 11) is 0. The van der Waals surface area contributed by atoms with Crippen molar-refractivity contribution in [2.75, 3.05) is 23.0 Å². The van der Waals surface area contributed by atoms with Crippen molar-refractivity contribution >= 4 is 23.3 Å². The number of hydrogen-bond acceptors (Lipinski definition) is 4. The quantitative estimate of drug-likeness (QED) is 0.738. The molecule has 0 radical (unpaired) electrons. The molecule has 0 bridgehead atoms. The van der Waals surface area contributed by atoms with Crippen LogP contribution in [0.3, 0.4) is 0 Å². The van der Waals surface area contributed by atoms with Gasteiger partial charge < -0.3 is 14.5 Å². The Hall–Kier alpha value is -2.82. The zero-order chi connectivity index (χ0) is 19.7. The Bertz CT molecular complexity index is 891. The fourth-order valence-electron chi connectivity index (χ4n) is 4.19. The number of nitrogens with zero attached hydrogens (tertiary/aromatic N) is 2. The second kappa shape index (κ2) is 7.66. The lowest BCUT2D eigenvalue weighted by molar-refractivity contribution is -0.117. The lowest BCUT2D eigenvalue weighted by Gasteiger charge is -2.43. The van der Waals surface area contributed by atoms with E-state index >= 15 is 0 Å². The van der Waals surface area contributed by atoms with E-state index < -0.39 is 0 Å². The average molecular weight is 378 g/mol. The maximum absolute atomic E-state index is 12.4. The molecule has 4 rings (SSSR count). The lowest BCUT2D eigenvalue weighted by Crippen LogP contribution is -2.52. The molecule has 1 saturated carbocycles. The summed E-state index contributed by atoms with van der Waals surface area (Å²) in [6, 6.07) is 15.9. The molecule has 0 saturated heterocycles. The van der Waals surface area contributed by atoms with Crippen LogP contribution in [0.15, 0.2) is 48.5 Å². The number of carbonyl (C=O) groups excluding carboxylic acids is 2. The second-order valence-corrected chi connectivity index (χ2v) is 7.54. The Kier molecular flexibility index (Phi) is 5.07. The highest BCUT2D eigenvalue weighted by Gasteiger charge is 2.42. The van der Waals surface area contributed by atoms with E-state index in [-0.39, 0.29) is 17.9 Å². The van der Waals surface area contributed by atoms with Gasteiger partial charge in [-0.25, -0.2) is 4.79 Å². The number of para-hydroxylation sites is 2. The van der Waals surface area contributed by atoms with Crippen molar-refractivity contribution in [1.82, 2.24) is 0 Å². The zero-order valence-corrected chi connectivity index (χ0v) is 16.4. The molecule has 0 spiro atoms. The molecular formula is C23H26N2O3. The molecule has 1 aliphatic carbocycles. The highest BCUT2D eigenvalue weighted by atomic mass is 16.5. The molecule has 1 heterocycles. The summed E-state index contributed by atoms with van der Waals surface area (Å²) < 4.78 is 5.23. The first-order valence-electron chi connectivity index (χ1n) is 9.99. The molecule has 5 nitrogen and oxygen atoms in total. The van der Waals surface area contributed by atoms with Gasteiger partial charge >= 0.3 is 5.97 Å². The molecular weight excluding hydrogens is 352 g/mol. The summed E-state index contributed by atoms with van der Waals surface area (Å²) in [5.41, 5.74) is 3.56. The molecule has 0 N–H and O–H groups in total. The van der Waals surface area contributed by atoms with Crippen molar-refractivity contribution in [3.8, 4) is 0 Å². The monoisotopic (exact) mass is 378 g/mol. The Labute approximate surface area is 165 Å². The van der Waals surface area contributed by atoms with E-state index in [1.807, 2.05) is 54.3 Å². The number of fused-ring (bicyclic) bond motifs is 1. The summed E-state index contributed by atoms with van der Waals surface area (Å²) in [4.78, 5) is 29.1. The maximum atomic E-state index is 12.4. The van der Waals surface area contributed by atoms with E-state index in [9.17, 15) is 9.59 Å². The van der Waals surface area contributed by atoms with E-state index in [0.29, 0.717) is 24.6 Å². The number of hydrogen-bond donors (Lipinski definition) is 0. The molecule has 2 aromatic rings. The van der Waals surface area contributed by atoms with Crippen molar-refractivity contribution in [3.05, 3.63) is 59.7 Å². The molecule has 28 heavy (non-hydrogen) atoms. The molecule has 1 aliphatic heterocycles. The third kappa shape index (κ3) is 3.49. The second-order valence-electron chi connectivity index (χ2n) is 7.54. The van der Waals surface area contributed by atoms with Crippen LogP contribution in [-0.2, 0) is 16.1 Å². The highest BCUT2D eigenvalue weighted by molar-refractivity contribution is 5.97. The van der Waals surface area contributed by atoms with Crippen LogP contribution < -0.4 is 9.80 Å². The number of rotatable bonds is 5. The van der Waals surface area contributed by atoms with Crippen LogP contribution in [0.4, 0.5) is 11.4 Å².